The minimum Gasteiger partial charge on any atom is -0.378 e. The largest absolute Gasteiger partial charge is 0.378 e. The van der Waals surface area contributed by atoms with Gasteiger partial charge < -0.3 is 9.64 Å². The molecule has 1 saturated heterocycles. The standard InChI is InChI=1S/C27H32N2O2/c1-2-9-25(24(20-21-14-15-21)27(30)29-16-18-31-19-17-29)28-26(22-10-5-3-6-11-22)23-12-7-4-8-13-23/h2-8,10-13,21,24-25H,1,9,14-20H2/t24-,25+/m1/s1. The Bertz CT molecular complexity index is 842. The van der Waals surface area contributed by atoms with Crippen LogP contribution in [0, 0.1) is 11.8 Å². The fourth-order valence-corrected chi connectivity index (χ4v) is 4.30. The average molecular weight is 417 g/mol. The molecule has 1 aliphatic heterocycles. The highest BCUT2D eigenvalue weighted by Crippen LogP contribution is 2.38. The summed E-state index contributed by atoms with van der Waals surface area (Å²) in [5, 5.41) is 0. The van der Waals surface area contributed by atoms with Crippen LogP contribution in [0.3, 0.4) is 0 Å². The molecule has 162 valence electrons. The van der Waals surface area contributed by atoms with Crippen molar-refractivity contribution >= 4 is 11.6 Å². The van der Waals surface area contributed by atoms with Crippen LogP contribution in [0.25, 0.3) is 0 Å². The first kappa shape index (κ1) is 21.5. The smallest absolute Gasteiger partial charge is 0.228 e. The summed E-state index contributed by atoms with van der Waals surface area (Å²) in [6.45, 7) is 6.58. The highest BCUT2D eigenvalue weighted by atomic mass is 16.5. The Labute approximate surface area is 185 Å². The predicted molar refractivity (Wildman–Crippen MR) is 125 cm³/mol. The Morgan fingerprint density at radius 1 is 1.03 bits per heavy atom. The van der Waals surface area contributed by atoms with Gasteiger partial charge in [-0.15, -0.1) is 6.58 Å². The van der Waals surface area contributed by atoms with Gasteiger partial charge in [-0.3, -0.25) is 9.79 Å². The summed E-state index contributed by atoms with van der Waals surface area (Å²) < 4.78 is 5.47. The van der Waals surface area contributed by atoms with Gasteiger partial charge in [0, 0.05) is 24.2 Å². The summed E-state index contributed by atoms with van der Waals surface area (Å²) in [5.74, 6) is 0.756. The summed E-state index contributed by atoms with van der Waals surface area (Å²) in [4.78, 5) is 20.8. The normalized spacial score (nSPS) is 18.1. The number of carbonyl (C=O) groups excluding carboxylic acids is 1. The molecule has 0 unspecified atom stereocenters. The molecule has 4 rings (SSSR count). The van der Waals surface area contributed by atoms with E-state index in [1.165, 1.54) is 12.8 Å². The number of morpholine rings is 1. The van der Waals surface area contributed by atoms with E-state index < -0.39 is 0 Å². The quantitative estimate of drug-likeness (QED) is 0.437. The molecule has 31 heavy (non-hydrogen) atoms. The number of amides is 1. The first-order valence-corrected chi connectivity index (χ1v) is 11.4. The second-order valence-corrected chi connectivity index (χ2v) is 8.52. The number of nitrogens with zero attached hydrogens (tertiary/aromatic N) is 2. The summed E-state index contributed by atoms with van der Waals surface area (Å²) in [6, 6.07) is 20.4. The molecule has 1 aliphatic carbocycles. The molecular weight excluding hydrogens is 384 g/mol. The number of carbonyl (C=O) groups is 1. The van der Waals surface area contributed by atoms with Gasteiger partial charge >= 0.3 is 0 Å². The third kappa shape index (κ3) is 5.71. The number of ether oxygens (including phenoxy) is 1. The van der Waals surface area contributed by atoms with Crippen LogP contribution in [0.4, 0.5) is 0 Å². The minimum absolute atomic E-state index is 0.119. The fraction of sp³-hybridized carbons (Fsp3) is 0.407. The third-order valence-electron chi connectivity index (χ3n) is 6.19. The van der Waals surface area contributed by atoms with Gasteiger partial charge in [0.05, 0.1) is 30.9 Å². The van der Waals surface area contributed by atoms with Gasteiger partial charge in [-0.25, -0.2) is 0 Å². The maximum absolute atomic E-state index is 13.6. The summed E-state index contributed by atoms with van der Waals surface area (Å²) >= 11 is 0. The van der Waals surface area contributed by atoms with Gasteiger partial charge in [0.2, 0.25) is 5.91 Å². The van der Waals surface area contributed by atoms with E-state index >= 15 is 0 Å². The van der Waals surface area contributed by atoms with Crippen LogP contribution >= 0.6 is 0 Å². The van der Waals surface area contributed by atoms with E-state index in [1.54, 1.807) is 0 Å². The lowest BCUT2D eigenvalue weighted by atomic mass is 9.89. The zero-order valence-electron chi connectivity index (χ0n) is 18.2. The van der Waals surface area contributed by atoms with E-state index in [2.05, 4.69) is 30.8 Å². The van der Waals surface area contributed by atoms with Crippen LogP contribution in [-0.2, 0) is 9.53 Å². The van der Waals surface area contributed by atoms with Gasteiger partial charge in [0.15, 0.2) is 0 Å². The first-order chi connectivity index (χ1) is 15.3. The van der Waals surface area contributed by atoms with E-state index in [-0.39, 0.29) is 17.9 Å². The molecule has 2 atom stereocenters. The first-order valence-electron chi connectivity index (χ1n) is 11.4. The van der Waals surface area contributed by atoms with Crippen molar-refractivity contribution in [2.24, 2.45) is 16.8 Å². The maximum Gasteiger partial charge on any atom is 0.228 e. The van der Waals surface area contributed by atoms with Crippen LogP contribution in [0.2, 0.25) is 0 Å². The third-order valence-corrected chi connectivity index (χ3v) is 6.19. The van der Waals surface area contributed by atoms with E-state index in [9.17, 15) is 4.79 Å². The van der Waals surface area contributed by atoms with Crippen molar-refractivity contribution in [3.05, 3.63) is 84.4 Å². The molecule has 2 aromatic rings. The van der Waals surface area contributed by atoms with Crippen molar-refractivity contribution < 1.29 is 9.53 Å². The zero-order chi connectivity index (χ0) is 21.5. The zero-order valence-corrected chi connectivity index (χ0v) is 18.2. The van der Waals surface area contributed by atoms with Gasteiger partial charge in [-0.05, 0) is 18.8 Å². The Kier molecular flexibility index (Phi) is 7.31. The number of hydrogen-bond acceptors (Lipinski definition) is 3. The van der Waals surface area contributed by atoms with Crippen LogP contribution in [0.1, 0.15) is 36.8 Å². The second kappa shape index (κ2) is 10.5. The lowest BCUT2D eigenvalue weighted by molar-refractivity contribution is -0.140. The Morgan fingerprint density at radius 2 is 1.61 bits per heavy atom. The van der Waals surface area contributed by atoms with Gasteiger partial charge in [-0.1, -0.05) is 79.6 Å². The molecular formula is C27H32N2O2. The molecule has 0 spiro atoms. The molecule has 2 aromatic carbocycles. The minimum atomic E-state index is -0.121. The van der Waals surface area contributed by atoms with Crippen LogP contribution < -0.4 is 0 Å². The van der Waals surface area contributed by atoms with E-state index in [4.69, 9.17) is 9.73 Å². The van der Waals surface area contributed by atoms with Crippen molar-refractivity contribution in [2.75, 3.05) is 26.3 Å². The second-order valence-electron chi connectivity index (χ2n) is 8.52. The molecule has 0 N–H and O–H groups in total. The molecule has 1 heterocycles. The molecule has 1 amide bonds. The van der Waals surface area contributed by atoms with Gasteiger partial charge in [0.1, 0.15) is 0 Å². The van der Waals surface area contributed by atoms with E-state index in [0.29, 0.717) is 38.6 Å². The molecule has 2 aliphatic rings. The van der Waals surface area contributed by atoms with Crippen molar-refractivity contribution in [1.29, 1.82) is 0 Å². The summed E-state index contributed by atoms with van der Waals surface area (Å²) in [5.41, 5.74) is 3.10. The summed E-state index contributed by atoms with van der Waals surface area (Å²) in [7, 11) is 0. The number of aliphatic imine (C=N–C) groups is 1. The molecule has 2 fully saturated rings. The average Bonchev–Trinajstić information content (AvgIpc) is 3.66. The monoisotopic (exact) mass is 416 g/mol. The molecule has 0 aromatic heterocycles. The van der Waals surface area contributed by atoms with Gasteiger partial charge in [0.25, 0.3) is 0 Å². The van der Waals surface area contributed by atoms with Gasteiger partial charge in [-0.2, -0.15) is 0 Å². The molecule has 4 nitrogen and oxygen atoms in total. The number of benzene rings is 2. The lowest BCUT2D eigenvalue weighted by Gasteiger charge is -2.33. The molecule has 1 saturated carbocycles. The van der Waals surface area contributed by atoms with Crippen molar-refractivity contribution in [3.63, 3.8) is 0 Å². The van der Waals surface area contributed by atoms with Crippen LogP contribution in [0.15, 0.2) is 78.3 Å². The van der Waals surface area contributed by atoms with E-state index in [1.807, 2.05) is 47.4 Å². The van der Waals surface area contributed by atoms with Crippen LogP contribution in [0.5, 0.6) is 0 Å². The SMILES string of the molecule is C=CC[C@H](N=C(c1ccccc1)c1ccccc1)[C@@H](CC1CC1)C(=O)N1CCOCC1. The van der Waals surface area contributed by atoms with E-state index in [0.717, 1.165) is 23.3 Å². The molecule has 0 radical (unpaired) electrons. The maximum atomic E-state index is 13.6. The topological polar surface area (TPSA) is 41.9 Å². The number of hydrogen-bond donors (Lipinski definition) is 0. The fourth-order valence-electron chi connectivity index (χ4n) is 4.30. The van der Waals surface area contributed by atoms with Crippen molar-refractivity contribution in [3.8, 4) is 0 Å². The Hall–Kier alpha value is -2.72. The Balaban J connectivity index is 1.71. The highest BCUT2D eigenvalue weighted by Gasteiger charge is 2.37. The molecule has 4 heteroatoms. The van der Waals surface area contributed by atoms with Crippen LogP contribution in [-0.4, -0.2) is 48.9 Å². The summed E-state index contributed by atoms with van der Waals surface area (Å²) in [6.07, 6.45) is 5.96. The number of rotatable bonds is 9. The van der Waals surface area contributed by atoms with Crippen molar-refractivity contribution in [1.82, 2.24) is 4.90 Å². The highest BCUT2D eigenvalue weighted by molar-refractivity contribution is 6.13. The molecule has 0 bridgehead atoms. The predicted octanol–water partition coefficient (Wildman–Crippen LogP) is 4.74. The van der Waals surface area contributed by atoms with Crippen molar-refractivity contribution in [2.45, 2.75) is 31.7 Å². The Morgan fingerprint density at radius 3 is 2.13 bits per heavy atom. The lowest BCUT2D eigenvalue weighted by Crippen LogP contribution is -2.46.